The molecule has 1 aromatic heterocycles. The van der Waals surface area contributed by atoms with Gasteiger partial charge in [-0.3, -0.25) is 4.79 Å². The molecule has 2 aromatic rings. The van der Waals surface area contributed by atoms with Gasteiger partial charge in [0.15, 0.2) is 6.61 Å². The first kappa shape index (κ1) is 14.9. The van der Waals surface area contributed by atoms with Gasteiger partial charge in [-0.25, -0.2) is 10.2 Å². The van der Waals surface area contributed by atoms with Crippen LogP contribution >= 0.6 is 0 Å². The van der Waals surface area contributed by atoms with Crippen molar-refractivity contribution in [3.8, 4) is 11.4 Å². The molecule has 2 heterocycles. The van der Waals surface area contributed by atoms with Crippen LogP contribution in [0, 0.1) is 6.92 Å². The number of benzene rings is 1. The molecular weight excluding hydrogens is 300 g/mol. The minimum Gasteiger partial charge on any atom is -0.451 e. The van der Waals surface area contributed by atoms with Crippen molar-refractivity contribution in [3.63, 3.8) is 0 Å². The number of nitrogens with one attached hydrogen (secondary N) is 1. The van der Waals surface area contributed by atoms with Gasteiger partial charge < -0.3 is 9.26 Å². The summed E-state index contributed by atoms with van der Waals surface area (Å²) in [5.41, 5.74) is 4.28. The van der Waals surface area contributed by atoms with Gasteiger partial charge in [-0.05, 0) is 12.5 Å². The van der Waals surface area contributed by atoms with Gasteiger partial charge in [0, 0.05) is 18.4 Å². The Balaban J connectivity index is 1.63. The Bertz CT molecular complexity index is 781. The predicted octanol–water partition coefficient (Wildman–Crippen LogP) is 1.35. The van der Waals surface area contributed by atoms with Crippen LogP contribution in [0.25, 0.3) is 11.4 Å². The van der Waals surface area contributed by atoms with Gasteiger partial charge in [0.25, 0.3) is 5.89 Å². The van der Waals surface area contributed by atoms with Gasteiger partial charge in [-0.1, -0.05) is 29.4 Å². The zero-order valence-electron chi connectivity index (χ0n) is 12.4. The molecule has 23 heavy (non-hydrogen) atoms. The van der Waals surface area contributed by atoms with E-state index in [4.69, 9.17) is 9.26 Å². The molecule has 0 fully saturated rings. The fourth-order valence-corrected chi connectivity index (χ4v) is 2.08. The first-order valence-corrected chi connectivity index (χ1v) is 7.04. The smallest absolute Gasteiger partial charge is 0.355 e. The van der Waals surface area contributed by atoms with E-state index < -0.39 is 5.97 Å². The fourth-order valence-electron chi connectivity index (χ4n) is 2.08. The van der Waals surface area contributed by atoms with Gasteiger partial charge in [-0.15, -0.1) is 0 Å². The molecule has 1 amide bonds. The Morgan fingerprint density at radius 1 is 1.35 bits per heavy atom. The van der Waals surface area contributed by atoms with Crippen LogP contribution in [0.5, 0.6) is 0 Å². The molecule has 1 aromatic carbocycles. The number of esters is 1. The van der Waals surface area contributed by atoms with Crippen molar-refractivity contribution in [3.05, 3.63) is 35.7 Å². The normalized spacial score (nSPS) is 14.1. The zero-order chi connectivity index (χ0) is 16.2. The Morgan fingerprint density at radius 3 is 2.91 bits per heavy atom. The lowest BCUT2D eigenvalue weighted by atomic mass is 10.1. The van der Waals surface area contributed by atoms with Crippen LogP contribution in [0.3, 0.4) is 0 Å². The molecule has 0 atom stereocenters. The summed E-state index contributed by atoms with van der Waals surface area (Å²) in [6.07, 6.45) is 0.467. The number of nitrogens with zero attached hydrogens (tertiary/aromatic N) is 3. The Morgan fingerprint density at radius 2 is 2.17 bits per heavy atom. The summed E-state index contributed by atoms with van der Waals surface area (Å²) in [5, 5.41) is 7.55. The standard InChI is InChI=1S/C15H14N4O4/c1-9-4-2-3-5-10(9)14-16-13(23-19-14)8-22-15(21)11-6-7-12(20)18-17-11/h2-5H,6-8H2,1H3,(H,18,20). The number of aromatic nitrogens is 2. The van der Waals surface area contributed by atoms with Crippen LogP contribution in [0.1, 0.15) is 24.3 Å². The summed E-state index contributed by atoms with van der Waals surface area (Å²) < 4.78 is 10.1. The number of ether oxygens (including phenoxy) is 1. The topological polar surface area (TPSA) is 107 Å². The van der Waals surface area contributed by atoms with E-state index in [9.17, 15) is 9.59 Å². The highest BCUT2D eigenvalue weighted by atomic mass is 16.6. The monoisotopic (exact) mass is 314 g/mol. The van der Waals surface area contributed by atoms with E-state index in [1.54, 1.807) is 0 Å². The van der Waals surface area contributed by atoms with Crippen molar-refractivity contribution in [2.24, 2.45) is 5.10 Å². The first-order chi connectivity index (χ1) is 11.1. The van der Waals surface area contributed by atoms with Crippen molar-refractivity contribution in [2.45, 2.75) is 26.4 Å². The van der Waals surface area contributed by atoms with Gasteiger partial charge in [0.2, 0.25) is 11.7 Å². The number of hydrogen-bond donors (Lipinski definition) is 1. The lowest BCUT2D eigenvalue weighted by Crippen LogP contribution is -2.30. The molecule has 0 saturated heterocycles. The molecule has 0 spiro atoms. The summed E-state index contributed by atoms with van der Waals surface area (Å²) >= 11 is 0. The second-order valence-electron chi connectivity index (χ2n) is 5.00. The van der Waals surface area contributed by atoms with Gasteiger partial charge in [-0.2, -0.15) is 10.1 Å². The molecule has 0 bridgehead atoms. The van der Waals surface area contributed by atoms with E-state index in [0.717, 1.165) is 11.1 Å². The second kappa shape index (κ2) is 6.39. The predicted molar refractivity (Wildman–Crippen MR) is 79.1 cm³/mol. The zero-order valence-corrected chi connectivity index (χ0v) is 12.4. The SMILES string of the molecule is Cc1ccccc1-c1noc(COC(=O)C2=NNC(=O)CC2)n1. The molecule has 118 valence electrons. The lowest BCUT2D eigenvalue weighted by molar-refractivity contribution is -0.137. The lowest BCUT2D eigenvalue weighted by Gasteiger charge is -2.10. The molecule has 8 nitrogen and oxygen atoms in total. The maximum atomic E-state index is 11.8. The Labute approximate surface area is 131 Å². The largest absolute Gasteiger partial charge is 0.451 e. The van der Waals surface area contributed by atoms with Crippen molar-refractivity contribution in [1.82, 2.24) is 15.6 Å². The highest BCUT2D eigenvalue weighted by molar-refractivity contribution is 6.37. The number of carbonyl (C=O) groups excluding carboxylic acids is 2. The average Bonchev–Trinajstić information content (AvgIpc) is 3.02. The third-order valence-corrected chi connectivity index (χ3v) is 3.32. The highest BCUT2D eigenvalue weighted by Gasteiger charge is 2.20. The number of hydrazone groups is 1. The quantitative estimate of drug-likeness (QED) is 0.854. The number of amides is 1. The molecule has 1 N–H and O–H groups in total. The molecule has 3 rings (SSSR count). The molecule has 0 unspecified atom stereocenters. The van der Waals surface area contributed by atoms with E-state index in [1.165, 1.54) is 0 Å². The van der Waals surface area contributed by atoms with Crippen LogP contribution in [-0.4, -0.2) is 27.7 Å². The fraction of sp³-hybridized carbons (Fsp3) is 0.267. The van der Waals surface area contributed by atoms with E-state index in [2.05, 4.69) is 20.7 Å². The van der Waals surface area contributed by atoms with Crippen LogP contribution in [0.4, 0.5) is 0 Å². The summed E-state index contributed by atoms with van der Waals surface area (Å²) in [6.45, 7) is 1.80. The van der Waals surface area contributed by atoms with E-state index in [-0.39, 0.29) is 37.0 Å². The Kier molecular flexibility index (Phi) is 4.13. The van der Waals surface area contributed by atoms with Crippen molar-refractivity contribution < 1.29 is 18.8 Å². The van der Waals surface area contributed by atoms with Crippen molar-refractivity contribution >= 4 is 17.6 Å². The minimum absolute atomic E-state index is 0.148. The first-order valence-electron chi connectivity index (χ1n) is 7.04. The molecule has 8 heteroatoms. The second-order valence-corrected chi connectivity index (χ2v) is 5.00. The maximum absolute atomic E-state index is 11.8. The van der Waals surface area contributed by atoms with Crippen molar-refractivity contribution in [1.29, 1.82) is 0 Å². The summed E-state index contributed by atoms with van der Waals surface area (Å²) in [7, 11) is 0. The summed E-state index contributed by atoms with van der Waals surface area (Å²) in [5.74, 6) is -0.199. The van der Waals surface area contributed by atoms with Crippen LogP contribution in [0.2, 0.25) is 0 Å². The van der Waals surface area contributed by atoms with Crippen LogP contribution in [-0.2, 0) is 20.9 Å². The third kappa shape index (κ3) is 3.42. The van der Waals surface area contributed by atoms with E-state index in [0.29, 0.717) is 5.82 Å². The number of carbonyl (C=O) groups is 2. The third-order valence-electron chi connectivity index (χ3n) is 3.32. The molecule has 0 saturated carbocycles. The summed E-state index contributed by atoms with van der Waals surface area (Å²) in [6, 6.07) is 7.63. The van der Waals surface area contributed by atoms with E-state index in [1.807, 2.05) is 31.2 Å². The molecule has 1 aliphatic rings. The van der Waals surface area contributed by atoms with Gasteiger partial charge >= 0.3 is 5.97 Å². The summed E-state index contributed by atoms with van der Waals surface area (Å²) in [4.78, 5) is 27.0. The Hall–Kier alpha value is -3.03. The number of hydrogen-bond acceptors (Lipinski definition) is 7. The van der Waals surface area contributed by atoms with Gasteiger partial charge in [0.05, 0.1) is 0 Å². The number of aryl methyl sites for hydroxylation is 1. The minimum atomic E-state index is -0.611. The van der Waals surface area contributed by atoms with Crippen LogP contribution < -0.4 is 5.43 Å². The molecular formula is C15H14N4O4. The number of rotatable bonds is 4. The van der Waals surface area contributed by atoms with E-state index >= 15 is 0 Å². The molecule has 1 aliphatic heterocycles. The van der Waals surface area contributed by atoms with Gasteiger partial charge in [0.1, 0.15) is 5.71 Å². The van der Waals surface area contributed by atoms with Crippen molar-refractivity contribution in [2.75, 3.05) is 0 Å². The molecule has 0 aliphatic carbocycles. The highest BCUT2D eigenvalue weighted by Crippen LogP contribution is 2.19. The maximum Gasteiger partial charge on any atom is 0.355 e. The molecule has 0 radical (unpaired) electrons. The average molecular weight is 314 g/mol. The van der Waals surface area contributed by atoms with Crippen LogP contribution in [0.15, 0.2) is 33.9 Å².